The second-order valence-corrected chi connectivity index (χ2v) is 7.34. The first-order valence-electron chi connectivity index (χ1n) is 8.56. The lowest BCUT2D eigenvalue weighted by Gasteiger charge is -2.10. The molecule has 26 heavy (non-hydrogen) atoms. The Morgan fingerprint density at radius 3 is 3.00 bits per heavy atom. The zero-order valence-corrected chi connectivity index (χ0v) is 15.2. The molecule has 1 aliphatic carbocycles. The summed E-state index contributed by atoms with van der Waals surface area (Å²) >= 11 is 1.62. The SMILES string of the molecule is Cc1nnc(COC(=O)CCn2cnc3sc4c(c3c2=O)CCCC4)o1. The summed E-state index contributed by atoms with van der Waals surface area (Å²) in [6, 6.07) is 0. The molecule has 0 saturated heterocycles. The molecule has 0 spiro atoms. The van der Waals surface area contributed by atoms with Crippen molar-refractivity contribution in [3.8, 4) is 0 Å². The summed E-state index contributed by atoms with van der Waals surface area (Å²) in [5, 5.41) is 8.15. The molecule has 0 atom stereocenters. The van der Waals surface area contributed by atoms with E-state index in [1.54, 1.807) is 18.3 Å². The van der Waals surface area contributed by atoms with E-state index in [0.717, 1.165) is 35.0 Å². The molecule has 0 N–H and O–H groups in total. The van der Waals surface area contributed by atoms with E-state index in [0.29, 0.717) is 5.89 Å². The predicted molar refractivity (Wildman–Crippen MR) is 94.0 cm³/mol. The van der Waals surface area contributed by atoms with E-state index in [4.69, 9.17) is 9.15 Å². The maximum Gasteiger partial charge on any atom is 0.308 e. The van der Waals surface area contributed by atoms with Crippen LogP contribution >= 0.6 is 11.3 Å². The molecule has 1 aliphatic rings. The van der Waals surface area contributed by atoms with Crippen LogP contribution in [0.2, 0.25) is 0 Å². The van der Waals surface area contributed by atoms with Crippen LogP contribution in [0.15, 0.2) is 15.5 Å². The van der Waals surface area contributed by atoms with Crippen LogP contribution in [-0.4, -0.2) is 25.7 Å². The Labute approximate surface area is 152 Å². The van der Waals surface area contributed by atoms with Gasteiger partial charge in [0.05, 0.1) is 18.1 Å². The van der Waals surface area contributed by atoms with E-state index < -0.39 is 5.97 Å². The first-order valence-corrected chi connectivity index (χ1v) is 9.38. The number of carbonyl (C=O) groups is 1. The summed E-state index contributed by atoms with van der Waals surface area (Å²) < 4.78 is 11.7. The van der Waals surface area contributed by atoms with Gasteiger partial charge in [-0.3, -0.25) is 14.2 Å². The highest BCUT2D eigenvalue weighted by Gasteiger charge is 2.20. The number of nitrogens with zero attached hydrogens (tertiary/aromatic N) is 4. The summed E-state index contributed by atoms with van der Waals surface area (Å²) in [6.07, 6.45) is 5.82. The average Bonchev–Trinajstić information content (AvgIpc) is 3.22. The number of fused-ring (bicyclic) bond motifs is 3. The van der Waals surface area contributed by atoms with Crippen LogP contribution in [0.5, 0.6) is 0 Å². The first kappa shape index (κ1) is 16.9. The molecular weight excluding hydrogens is 356 g/mol. The lowest BCUT2D eigenvalue weighted by Crippen LogP contribution is -2.23. The van der Waals surface area contributed by atoms with Crippen LogP contribution in [0.4, 0.5) is 0 Å². The van der Waals surface area contributed by atoms with Gasteiger partial charge >= 0.3 is 5.97 Å². The molecule has 0 radical (unpaired) electrons. The topological polar surface area (TPSA) is 100 Å². The molecule has 9 heteroatoms. The number of hydrogen-bond donors (Lipinski definition) is 0. The Balaban J connectivity index is 1.44. The molecule has 0 unspecified atom stereocenters. The maximum atomic E-state index is 12.8. The van der Waals surface area contributed by atoms with Crippen molar-refractivity contribution in [2.75, 3.05) is 0 Å². The summed E-state index contributed by atoms with van der Waals surface area (Å²) in [5.74, 6) is 0.238. The highest BCUT2D eigenvalue weighted by molar-refractivity contribution is 7.18. The van der Waals surface area contributed by atoms with Gasteiger partial charge in [-0.2, -0.15) is 0 Å². The largest absolute Gasteiger partial charge is 0.456 e. The van der Waals surface area contributed by atoms with Crippen molar-refractivity contribution in [3.63, 3.8) is 0 Å². The van der Waals surface area contributed by atoms with Crippen molar-refractivity contribution in [1.82, 2.24) is 19.7 Å². The number of thiophene rings is 1. The van der Waals surface area contributed by atoms with E-state index in [2.05, 4.69) is 15.2 Å². The molecule has 8 nitrogen and oxygen atoms in total. The van der Waals surface area contributed by atoms with Crippen molar-refractivity contribution in [2.45, 2.75) is 52.2 Å². The zero-order chi connectivity index (χ0) is 18.1. The number of carbonyl (C=O) groups excluding carboxylic acids is 1. The molecule has 0 aliphatic heterocycles. The number of rotatable bonds is 5. The molecule has 3 aromatic heterocycles. The van der Waals surface area contributed by atoms with Gasteiger partial charge in [0.15, 0.2) is 6.61 Å². The maximum absolute atomic E-state index is 12.8. The lowest BCUT2D eigenvalue weighted by atomic mass is 9.97. The van der Waals surface area contributed by atoms with Crippen molar-refractivity contribution >= 4 is 27.5 Å². The number of hydrogen-bond acceptors (Lipinski definition) is 8. The monoisotopic (exact) mass is 374 g/mol. The van der Waals surface area contributed by atoms with Crippen LogP contribution < -0.4 is 5.56 Å². The van der Waals surface area contributed by atoms with Gasteiger partial charge in [-0.25, -0.2) is 4.98 Å². The van der Waals surface area contributed by atoms with Crippen LogP contribution in [0.1, 0.15) is 41.5 Å². The van der Waals surface area contributed by atoms with E-state index in [-0.39, 0.29) is 31.0 Å². The minimum absolute atomic E-state index is 0.0656. The summed E-state index contributed by atoms with van der Waals surface area (Å²) in [4.78, 5) is 31.2. The van der Waals surface area contributed by atoms with Gasteiger partial charge in [0.25, 0.3) is 11.4 Å². The lowest BCUT2D eigenvalue weighted by molar-refractivity contribution is -0.145. The Morgan fingerprint density at radius 2 is 2.19 bits per heavy atom. The molecule has 0 aromatic carbocycles. The van der Waals surface area contributed by atoms with Gasteiger partial charge in [0.2, 0.25) is 5.89 Å². The highest BCUT2D eigenvalue weighted by atomic mass is 32.1. The smallest absolute Gasteiger partial charge is 0.308 e. The second kappa shape index (κ2) is 6.99. The Hall–Kier alpha value is -2.55. The molecular formula is C17H18N4O4S. The molecule has 0 saturated carbocycles. The van der Waals surface area contributed by atoms with Crippen LogP contribution in [-0.2, 0) is 35.5 Å². The molecule has 0 bridgehead atoms. The third-order valence-corrected chi connectivity index (χ3v) is 5.62. The summed E-state index contributed by atoms with van der Waals surface area (Å²) in [5.41, 5.74) is 1.08. The van der Waals surface area contributed by atoms with E-state index >= 15 is 0 Å². The summed E-state index contributed by atoms with van der Waals surface area (Å²) in [6.45, 7) is 1.83. The predicted octanol–water partition coefficient (Wildman–Crippen LogP) is 2.16. The zero-order valence-electron chi connectivity index (χ0n) is 14.4. The van der Waals surface area contributed by atoms with Crippen molar-refractivity contribution in [1.29, 1.82) is 0 Å². The molecule has 4 rings (SSSR count). The first-order chi connectivity index (χ1) is 12.6. The van der Waals surface area contributed by atoms with Crippen molar-refractivity contribution in [2.24, 2.45) is 0 Å². The third kappa shape index (κ3) is 3.26. The van der Waals surface area contributed by atoms with Crippen LogP contribution in [0.3, 0.4) is 0 Å². The Bertz CT molecular complexity index is 1020. The van der Waals surface area contributed by atoms with Gasteiger partial charge in [-0.15, -0.1) is 21.5 Å². The second-order valence-electron chi connectivity index (χ2n) is 6.26. The summed E-state index contributed by atoms with van der Waals surface area (Å²) in [7, 11) is 0. The Morgan fingerprint density at radius 1 is 1.35 bits per heavy atom. The van der Waals surface area contributed by atoms with Gasteiger partial charge < -0.3 is 9.15 Å². The van der Waals surface area contributed by atoms with Crippen LogP contribution in [0, 0.1) is 6.92 Å². The van der Waals surface area contributed by atoms with Crippen LogP contribution in [0.25, 0.3) is 10.2 Å². The van der Waals surface area contributed by atoms with Gasteiger partial charge in [0.1, 0.15) is 4.83 Å². The fourth-order valence-electron chi connectivity index (χ4n) is 3.16. The number of esters is 1. The molecule has 3 heterocycles. The highest BCUT2D eigenvalue weighted by Crippen LogP contribution is 2.33. The Kier molecular flexibility index (Phi) is 4.54. The normalized spacial score (nSPS) is 13.7. The molecule has 3 aromatic rings. The van der Waals surface area contributed by atoms with E-state index in [1.807, 2.05) is 0 Å². The van der Waals surface area contributed by atoms with E-state index in [9.17, 15) is 9.59 Å². The number of ether oxygens (including phenoxy) is 1. The molecule has 136 valence electrons. The minimum Gasteiger partial charge on any atom is -0.456 e. The van der Waals surface area contributed by atoms with Crippen molar-refractivity contribution < 1.29 is 13.9 Å². The number of aromatic nitrogens is 4. The fraction of sp³-hybridized carbons (Fsp3) is 0.471. The quantitative estimate of drug-likeness (QED) is 0.631. The van der Waals surface area contributed by atoms with Crippen molar-refractivity contribution in [3.05, 3.63) is 38.9 Å². The third-order valence-electron chi connectivity index (χ3n) is 4.42. The molecule has 0 fully saturated rings. The van der Waals surface area contributed by atoms with Gasteiger partial charge in [0, 0.05) is 18.3 Å². The minimum atomic E-state index is -0.430. The standard InChI is InChI=1S/C17H18N4O4S/c1-10-19-20-13(25-10)8-24-14(22)6-7-21-9-18-16-15(17(21)23)11-4-2-3-5-12(11)26-16/h9H,2-8H2,1H3. The number of aryl methyl sites for hydroxylation is 4. The van der Waals surface area contributed by atoms with Gasteiger partial charge in [-0.05, 0) is 31.2 Å². The van der Waals surface area contributed by atoms with E-state index in [1.165, 1.54) is 22.2 Å². The van der Waals surface area contributed by atoms with Gasteiger partial charge in [-0.1, -0.05) is 0 Å². The fourth-order valence-corrected chi connectivity index (χ4v) is 4.38. The molecule has 0 amide bonds. The average molecular weight is 374 g/mol.